The zero-order valence-electron chi connectivity index (χ0n) is 32.5. The molecule has 5 heterocycles. The second kappa shape index (κ2) is 18.0. The number of ether oxygens (including phenoxy) is 8. The average molecular weight is 803 g/mol. The minimum absolute atomic E-state index is 0.0362. The van der Waals surface area contributed by atoms with Gasteiger partial charge in [-0.2, -0.15) is 0 Å². The van der Waals surface area contributed by atoms with Crippen molar-refractivity contribution >= 4 is 29.0 Å². The number of nitrogens with zero attached hydrogens (tertiary/aromatic N) is 5. The molecule has 312 valence electrons. The van der Waals surface area contributed by atoms with Crippen LogP contribution in [0.2, 0.25) is 0 Å². The van der Waals surface area contributed by atoms with Gasteiger partial charge in [0, 0.05) is 33.9 Å². The first-order chi connectivity index (χ1) is 27.3. The van der Waals surface area contributed by atoms with Crippen LogP contribution in [0.5, 0.6) is 5.75 Å². The lowest BCUT2D eigenvalue weighted by Crippen LogP contribution is -2.58. The third-order valence-electron chi connectivity index (χ3n) is 10.1. The van der Waals surface area contributed by atoms with E-state index in [1.165, 1.54) is 34.0 Å². The number of aliphatic hydroxyl groups is 5. The van der Waals surface area contributed by atoms with Crippen LogP contribution in [0.1, 0.15) is 25.6 Å². The van der Waals surface area contributed by atoms with Crippen molar-refractivity contribution in [3.63, 3.8) is 0 Å². The Morgan fingerprint density at radius 3 is 2.33 bits per heavy atom. The van der Waals surface area contributed by atoms with E-state index in [0.717, 1.165) is 0 Å². The number of hydrogen-bond acceptors (Lipinski definition) is 18. The lowest BCUT2D eigenvalue weighted by Gasteiger charge is -2.42. The van der Waals surface area contributed by atoms with Crippen molar-refractivity contribution in [1.82, 2.24) is 24.8 Å². The highest BCUT2D eigenvalue weighted by atomic mass is 16.7. The molecule has 1 amide bonds. The third-order valence-corrected chi connectivity index (χ3v) is 10.1. The summed E-state index contributed by atoms with van der Waals surface area (Å²) in [5.74, 6) is 0.278. The van der Waals surface area contributed by atoms with E-state index in [1.807, 2.05) is 14.1 Å². The summed E-state index contributed by atoms with van der Waals surface area (Å²) < 4.78 is 46.9. The molecular weight excluding hydrogens is 752 g/mol. The van der Waals surface area contributed by atoms with Gasteiger partial charge in [0.25, 0.3) is 6.29 Å². The van der Waals surface area contributed by atoms with Gasteiger partial charge in [0.2, 0.25) is 5.91 Å². The average Bonchev–Trinajstić information content (AvgIpc) is 3.85. The number of amides is 1. The molecule has 0 unspecified atom stereocenters. The molecule has 20 heteroatoms. The Morgan fingerprint density at radius 1 is 0.965 bits per heavy atom. The van der Waals surface area contributed by atoms with Crippen LogP contribution in [0.3, 0.4) is 0 Å². The molecule has 1 aromatic carbocycles. The summed E-state index contributed by atoms with van der Waals surface area (Å²) in [6.07, 6.45) is -7.09. The normalized spacial score (nSPS) is 32.6. The number of aromatic nitrogens is 4. The molecule has 0 radical (unpaired) electrons. The molecule has 6 rings (SSSR count). The van der Waals surface area contributed by atoms with E-state index >= 15 is 0 Å². The van der Waals surface area contributed by atoms with Crippen LogP contribution in [0.25, 0.3) is 17.2 Å². The molecule has 6 N–H and O–H groups in total. The van der Waals surface area contributed by atoms with E-state index in [2.05, 4.69) is 20.3 Å². The summed E-state index contributed by atoms with van der Waals surface area (Å²) in [5.41, 5.74) is 1.84. The van der Waals surface area contributed by atoms with E-state index < -0.39 is 86.2 Å². The number of methoxy groups -OCH3 is 3. The number of rotatable bonds is 14. The molecule has 0 spiro atoms. The van der Waals surface area contributed by atoms with E-state index in [-0.39, 0.29) is 23.9 Å². The van der Waals surface area contributed by atoms with Crippen LogP contribution in [0.4, 0.5) is 5.82 Å². The number of carbonyl (C=O) groups is 1. The lowest BCUT2D eigenvalue weighted by atomic mass is 9.99. The molecule has 0 aliphatic carbocycles. The van der Waals surface area contributed by atoms with Gasteiger partial charge in [0.05, 0.1) is 32.2 Å². The Hall–Kier alpha value is -4.48. The Morgan fingerprint density at radius 2 is 1.68 bits per heavy atom. The Labute approximate surface area is 328 Å². The maximum Gasteiger partial charge on any atom is 0.269 e. The van der Waals surface area contributed by atoms with Crippen molar-refractivity contribution in [1.29, 1.82) is 0 Å². The van der Waals surface area contributed by atoms with Crippen LogP contribution < -0.4 is 15.0 Å². The van der Waals surface area contributed by atoms with Crippen molar-refractivity contribution in [2.24, 2.45) is 0 Å². The number of nitrogens with one attached hydrogen (secondary N) is 1. The number of benzene rings is 1. The van der Waals surface area contributed by atoms with E-state index in [4.69, 9.17) is 37.9 Å². The Bertz CT molecular complexity index is 1910. The van der Waals surface area contributed by atoms with E-state index in [9.17, 15) is 30.3 Å². The number of hydrogen-bond donors (Lipinski definition) is 6. The smallest absolute Gasteiger partial charge is 0.269 e. The molecule has 2 aromatic heterocycles. The number of anilines is 1. The van der Waals surface area contributed by atoms with Gasteiger partial charge < -0.3 is 73.6 Å². The Kier molecular flexibility index (Phi) is 13.3. The largest absolute Gasteiger partial charge is 0.495 e. The van der Waals surface area contributed by atoms with Crippen molar-refractivity contribution in [2.75, 3.05) is 53.5 Å². The molecule has 3 aliphatic rings. The first-order valence-corrected chi connectivity index (χ1v) is 18.2. The molecule has 0 saturated carbocycles. The summed E-state index contributed by atoms with van der Waals surface area (Å²) in [5, 5.41) is 56.5. The molecule has 0 bridgehead atoms. The van der Waals surface area contributed by atoms with Gasteiger partial charge in [0.1, 0.15) is 55.3 Å². The number of aliphatic hydroxyl groups excluding tert-OH is 5. The van der Waals surface area contributed by atoms with Gasteiger partial charge in [-0.25, -0.2) is 15.0 Å². The van der Waals surface area contributed by atoms with Crippen LogP contribution in [0.15, 0.2) is 54.0 Å². The lowest BCUT2D eigenvalue weighted by molar-refractivity contribution is -0.299. The van der Waals surface area contributed by atoms with Crippen LogP contribution >= 0.6 is 0 Å². The van der Waals surface area contributed by atoms with Crippen molar-refractivity contribution in [3.05, 3.63) is 59.6 Å². The highest BCUT2D eigenvalue weighted by Crippen LogP contribution is 2.34. The Balaban J connectivity index is 1.06. The highest BCUT2D eigenvalue weighted by molar-refractivity contribution is 5.97. The zero-order valence-corrected chi connectivity index (χ0v) is 32.5. The van der Waals surface area contributed by atoms with Crippen LogP contribution in [-0.2, 0) is 38.0 Å². The maximum absolute atomic E-state index is 13.3. The predicted molar refractivity (Wildman–Crippen MR) is 198 cm³/mol. The minimum Gasteiger partial charge on any atom is -0.495 e. The molecular formula is C37H50N6O14. The topological polar surface area (TPSA) is 251 Å². The first kappa shape index (κ1) is 42.1. The third kappa shape index (κ3) is 8.56. The molecule has 20 nitrogen and oxygen atoms in total. The summed E-state index contributed by atoms with van der Waals surface area (Å²) in [7, 11) is 7.90. The molecule has 3 aliphatic heterocycles. The zero-order chi connectivity index (χ0) is 41.1. The summed E-state index contributed by atoms with van der Waals surface area (Å²) >= 11 is 0. The molecule has 3 saturated heterocycles. The fourth-order valence-corrected chi connectivity index (χ4v) is 7.02. The predicted octanol–water partition coefficient (Wildman–Crippen LogP) is -0.802. The molecule has 3 aromatic rings. The summed E-state index contributed by atoms with van der Waals surface area (Å²) in [6.45, 7) is 2.60. The number of imidazole rings is 1. The van der Waals surface area contributed by atoms with Gasteiger partial charge in [-0.15, -0.1) is 0 Å². The van der Waals surface area contributed by atoms with Crippen molar-refractivity contribution < 1.29 is 68.2 Å². The van der Waals surface area contributed by atoms with Gasteiger partial charge in [0.15, 0.2) is 47.1 Å². The number of fused-ring (bicyclic) bond motifs is 1. The van der Waals surface area contributed by atoms with Gasteiger partial charge in [-0.1, -0.05) is 12.1 Å². The molecule has 12 atom stereocenters. The minimum atomic E-state index is -1.52. The van der Waals surface area contributed by atoms with Gasteiger partial charge in [-0.05, 0) is 37.6 Å². The highest BCUT2D eigenvalue weighted by Gasteiger charge is 2.48. The van der Waals surface area contributed by atoms with E-state index in [1.54, 1.807) is 53.7 Å². The standard InChI is InChI=1S/C37H50N6O14/c1-17(34(49)41-23-21(13-44)56-35(25(23)45)43-16-40-24-32(42(3)4)38-15-39-33(24)43)12-19-8-10-20(11-9-19)55-37-27(47)26(46)30(57-37)22(50-5)14-53-36-28(48)31(52-7)29(51-6)18(2)54-36/h8-12,15-16,18,21,23,25-29,31,35-37,44-48H,13-14H2,1-7H3,(H,41,49)/b17-12+,30-22-/t18-,21-,23-,25-,26-,27-,28+,29-,31-,35-,36+,37-/m1/s1. The fourth-order valence-electron chi connectivity index (χ4n) is 7.02. The quantitative estimate of drug-likeness (QED) is 0.0862. The van der Waals surface area contributed by atoms with Gasteiger partial charge in [-0.3, -0.25) is 9.36 Å². The summed E-state index contributed by atoms with van der Waals surface area (Å²) in [6, 6.07) is 5.55. The maximum atomic E-state index is 13.3. The monoisotopic (exact) mass is 802 g/mol. The fraction of sp³-hybridized carbons (Fsp3) is 0.568. The number of carbonyl (C=O) groups excluding carboxylic acids is 1. The summed E-state index contributed by atoms with van der Waals surface area (Å²) in [4.78, 5) is 28.1. The van der Waals surface area contributed by atoms with Crippen LogP contribution in [-0.4, -0.2) is 167 Å². The second-order valence-electron chi connectivity index (χ2n) is 14.0. The second-order valence-corrected chi connectivity index (χ2v) is 14.0. The molecule has 57 heavy (non-hydrogen) atoms. The van der Waals surface area contributed by atoms with Crippen molar-refractivity contribution in [2.45, 2.75) is 87.5 Å². The van der Waals surface area contributed by atoms with E-state index in [0.29, 0.717) is 28.1 Å². The first-order valence-electron chi connectivity index (χ1n) is 18.2. The van der Waals surface area contributed by atoms with Crippen LogP contribution in [0, 0.1) is 0 Å². The van der Waals surface area contributed by atoms with Gasteiger partial charge >= 0.3 is 0 Å². The SMILES string of the molecule is CO/C(CO[C@H]1O[C@H](C)[C@@H](OC)[C@H](OC)[C@@H]1O)=C1\O[C@@H](Oc2ccc(/C=C(\C)C(=O)N[C@H]3[C@@H](O)[C@H](n4cnc5c(N(C)C)ncnc54)O[C@@H]3CO)cc2)[C@H](O)[C@H]1O. The van der Waals surface area contributed by atoms with Crippen molar-refractivity contribution in [3.8, 4) is 5.75 Å². The molecule has 3 fully saturated rings.